The first-order valence-electron chi connectivity index (χ1n) is 6.03. The van der Waals surface area contributed by atoms with Crippen LogP contribution in [0.1, 0.15) is 34.6 Å². The molecule has 0 aromatic carbocycles. The van der Waals surface area contributed by atoms with Crippen LogP contribution in [-0.4, -0.2) is 45.8 Å². The van der Waals surface area contributed by atoms with Gasteiger partial charge >= 0.3 is 0 Å². The van der Waals surface area contributed by atoms with Gasteiger partial charge < -0.3 is 10.2 Å². The predicted molar refractivity (Wildman–Crippen MR) is 71.0 cm³/mol. The molecule has 1 saturated heterocycles. The van der Waals surface area contributed by atoms with E-state index in [2.05, 4.69) is 12.2 Å². The second-order valence-electron chi connectivity index (χ2n) is 5.01. The maximum absolute atomic E-state index is 12.3. The number of amides is 2. The third kappa shape index (κ3) is 2.94. The third-order valence-electron chi connectivity index (χ3n) is 3.04. The van der Waals surface area contributed by atoms with Gasteiger partial charge in [0.25, 0.3) is 0 Å². The fourth-order valence-electron chi connectivity index (χ4n) is 2.04. The van der Waals surface area contributed by atoms with Crippen molar-refractivity contribution in [3.63, 3.8) is 0 Å². The molecule has 0 saturated carbocycles. The lowest BCUT2D eigenvalue weighted by atomic mass is 9.96. The maximum atomic E-state index is 12.3. The number of piperazine rings is 1. The summed E-state index contributed by atoms with van der Waals surface area (Å²) in [5, 5.41) is 2.76. The minimum Gasteiger partial charge on any atom is -0.340 e. The molecule has 2 unspecified atom stereocenters. The van der Waals surface area contributed by atoms with Crippen molar-refractivity contribution in [3.05, 3.63) is 0 Å². The molecular weight excluding hydrogens is 236 g/mol. The smallest absolute Gasteiger partial charge is 0.248 e. The zero-order chi connectivity index (χ0) is 13.2. The Labute approximate surface area is 108 Å². The molecule has 17 heavy (non-hydrogen) atoms. The van der Waals surface area contributed by atoms with E-state index in [1.54, 1.807) is 37.4 Å². The summed E-state index contributed by atoms with van der Waals surface area (Å²) in [6, 6.07) is -0.282. The Kier molecular flexibility index (Phi) is 4.47. The Morgan fingerprint density at radius 2 is 2.06 bits per heavy atom. The van der Waals surface area contributed by atoms with Gasteiger partial charge in [0.1, 0.15) is 11.6 Å². The standard InChI is InChI=1S/C12H22N2O2S/c1-6-17-7-8(2)14-9(3)10(15)13-12(4,5)11(14)16/h8-9H,6-7H2,1-5H3,(H,13,15). The van der Waals surface area contributed by atoms with E-state index in [9.17, 15) is 9.59 Å². The molecule has 2 atom stereocenters. The van der Waals surface area contributed by atoms with Gasteiger partial charge in [-0.15, -0.1) is 0 Å². The normalized spacial score (nSPS) is 25.7. The highest BCUT2D eigenvalue weighted by molar-refractivity contribution is 7.99. The lowest BCUT2D eigenvalue weighted by Crippen LogP contribution is -2.69. The van der Waals surface area contributed by atoms with Crippen LogP contribution in [0.25, 0.3) is 0 Å². The van der Waals surface area contributed by atoms with Crippen molar-refractivity contribution < 1.29 is 9.59 Å². The topological polar surface area (TPSA) is 49.4 Å². The highest BCUT2D eigenvalue weighted by Crippen LogP contribution is 2.22. The largest absolute Gasteiger partial charge is 0.340 e. The van der Waals surface area contributed by atoms with Crippen LogP contribution in [-0.2, 0) is 9.59 Å². The van der Waals surface area contributed by atoms with E-state index in [0.29, 0.717) is 0 Å². The SMILES string of the molecule is CCSCC(C)N1C(=O)C(C)(C)NC(=O)C1C. The Morgan fingerprint density at radius 1 is 1.47 bits per heavy atom. The lowest BCUT2D eigenvalue weighted by Gasteiger charge is -2.44. The van der Waals surface area contributed by atoms with Gasteiger partial charge in [-0.05, 0) is 33.4 Å². The van der Waals surface area contributed by atoms with E-state index < -0.39 is 5.54 Å². The van der Waals surface area contributed by atoms with Crippen LogP contribution in [0.2, 0.25) is 0 Å². The van der Waals surface area contributed by atoms with Crippen LogP contribution in [0.3, 0.4) is 0 Å². The number of hydrogen-bond donors (Lipinski definition) is 1. The predicted octanol–water partition coefficient (Wildman–Crippen LogP) is 1.25. The number of rotatable bonds is 4. The van der Waals surface area contributed by atoms with Crippen LogP contribution in [0.4, 0.5) is 0 Å². The van der Waals surface area contributed by atoms with Gasteiger partial charge in [0, 0.05) is 11.8 Å². The molecule has 0 aliphatic carbocycles. The van der Waals surface area contributed by atoms with E-state index >= 15 is 0 Å². The van der Waals surface area contributed by atoms with Crippen molar-refractivity contribution in [1.82, 2.24) is 10.2 Å². The molecule has 1 aliphatic rings. The van der Waals surface area contributed by atoms with Crippen LogP contribution in [0, 0.1) is 0 Å². The summed E-state index contributed by atoms with van der Waals surface area (Å²) in [6.07, 6.45) is 0. The van der Waals surface area contributed by atoms with Crippen molar-refractivity contribution >= 4 is 23.6 Å². The Hall–Kier alpha value is -0.710. The summed E-state index contributed by atoms with van der Waals surface area (Å²) >= 11 is 1.79. The minimum absolute atomic E-state index is 0.00815. The molecule has 0 spiro atoms. The maximum Gasteiger partial charge on any atom is 0.248 e. The molecule has 0 aromatic rings. The molecule has 1 rings (SSSR count). The van der Waals surface area contributed by atoms with E-state index in [1.165, 1.54) is 0 Å². The average molecular weight is 258 g/mol. The quantitative estimate of drug-likeness (QED) is 0.826. The van der Waals surface area contributed by atoms with E-state index in [4.69, 9.17) is 0 Å². The van der Waals surface area contributed by atoms with Crippen LogP contribution < -0.4 is 5.32 Å². The monoisotopic (exact) mass is 258 g/mol. The molecule has 1 fully saturated rings. The average Bonchev–Trinajstić information content (AvgIpc) is 2.23. The molecule has 0 aromatic heterocycles. The second-order valence-corrected chi connectivity index (χ2v) is 6.33. The van der Waals surface area contributed by atoms with Crippen LogP contribution in [0.15, 0.2) is 0 Å². The van der Waals surface area contributed by atoms with Gasteiger partial charge in [0.2, 0.25) is 11.8 Å². The van der Waals surface area contributed by atoms with Gasteiger partial charge in [0.05, 0.1) is 0 Å². The van der Waals surface area contributed by atoms with E-state index in [0.717, 1.165) is 11.5 Å². The summed E-state index contributed by atoms with van der Waals surface area (Å²) in [7, 11) is 0. The van der Waals surface area contributed by atoms with Gasteiger partial charge in [-0.25, -0.2) is 0 Å². The fourth-order valence-corrected chi connectivity index (χ4v) is 2.78. The first kappa shape index (κ1) is 14.4. The number of thioether (sulfide) groups is 1. The Morgan fingerprint density at radius 3 is 2.59 bits per heavy atom. The van der Waals surface area contributed by atoms with Gasteiger partial charge in [-0.3, -0.25) is 9.59 Å². The molecule has 5 heteroatoms. The number of nitrogens with zero attached hydrogens (tertiary/aromatic N) is 1. The molecule has 2 amide bonds. The van der Waals surface area contributed by atoms with Gasteiger partial charge in [0.15, 0.2) is 0 Å². The Balaban J connectivity index is 2.86. The lowest BCUT2D eigenvalue weighted by molar-refractivity contribution is -0.154. The summed E-state index contributed by atoms with van der Waals surface area (Å²) in [5.74, 6) is 1.84. The molecule has 1 heterocycles. The molecule has 98 valence electrons. The zero-order valence-corrected chi connectivity index (χ0v) is 12.1. The molecule has 4 nitrogen and oxygen atoms in total. The van der Waals surface area contributed by atoms with Gasteiger partial charge in [-0.2, -0.15) is 11.8 Å². The highest BCUT2D eigenvalue weighted by Gasteiger charge is 2.44. The third-order valence-corrected chi connectivity index (χ3v) is 4.17. The summed E-state index contributed by atoms with van der Waals surface area (Å²) < 4.78 is 0. The first-order chi connectivity index (χ1) is 7.81. The number of hydrogen-bond acceptors (Lipinski definition) is 3. The number of carbonyl (C=O) groups excluding carboxylic acids is 2. The van der Waals surface area contributed by atoms with Gasteiger partial charge in [-0.1, -0.05) is 6.92 Å². The molecular formula is C12H22N2O2S. The second kappa shape index (κ2) is 5.29. The molecule has 0 radical (unpaired) electrons. The van der Waals surface area contributed by atoms with Crippen molar-refractivity contribution in [2.24, 2.45) is 0 Å². The van der Waals surface area contributed by atoms with Crippen molar-refractivity contribution in [2.45, 2.75) is 52.2 Å². The first-order valence-corrected chi connectivity index (χ1v) is 7.19. The van der Waals surface area contributed by atoms with Crippen molar-refractivity contribution in [3.8, 4) is 0 Å². The summed E-state index contributed by atoms with van der Waals surface area (Å²) in [5.41, 5.74) is -0.783. The minimum atomic E-state index is -0.783. The summed E-state index contributed by atoms with van der Waals surface area (Å²) in [4.78, 5) is 25.9. The zero-order valence-electron chi connectivity index (χ0n) is 11.2. The van der Waals surface area contributed by atoms with Crippen LogP contribution in [0.5, 0.6) is 0 Å². The fraction of sp³-hybridized carbons (Fsp3) is 0.833. The highest BCUT2D eigenvalue weighted by atomic mass is 32.2. The molecule has 1 aliphatic heterocycles. The number of nitrogens with one attached hydrogen (secondary N) is 1. The molecule has 0 bridgehead atoms. The van der Waals surface area contributed by atoms with Crippen molar-refractivity contribution in [2.75, 3.05) is 11.5 Å². The van der Waals surface area contributed by atoms with E-state index in [-0.39, 0.29) is 23.9 Å². The van der Waals surface area contributed by atoms with Crippen LogP contribution >= 0.6 is 11.8 Å². The number of carbonyl (C=O) groups is 2. The summed E-state index contributed by atoms with van der Waals surface area (Å²) in [6.45, 7) is 9.40. The Bertz CT molecular complexity index is 318. The van der Waals surface area contributed by atoms with Crippen molar-refractivity contribution in [1.29, 1.82) is 0 Å². The molecule has 1 N–H and O–H groups in total. The van der Waals surface area contributed by atoms with E-state index in [1.807, 2.05) is 6.92 Å².